The first kappa shape index (κ1) is 21.4. The second-order valence-corrected chi connectivity index (χ2v) is 6.51. The Hall–Kier alpha value is -2.90. The van der Waals surface area contributed by atoms with Crippen LogP contribution >= 0.6 is 11.6 Å². The lowest BCUT2D eigenvalue weighted by Crippen LogP contribution is -2.46. The number of likely N-dealkylation sites (N-methyl/N-ethyl adjacent to an activating group) is 1. The Bertz CT molecular complexity index is 829. The second-order valence-electron chi connectivity index (χ2n) is 6.11. The zero-order valence-electron chi connectivity index (χ0n) is 15.7. The molecule has 0 saturated carbocycles. The highest BCUT2D eigenvalue weighted by atomic mass is 35.5. The Morgan fingerprint density at radius 2 is 1.68 bits per heavy atom. The van der Waals surface area contributed by atoms with Crippen molar-refractivity contribution in [3.8, 4) is 0 Å². The lowest BCUT2D eigenvalue weighted by atomic mass is 10.0. The molecule has 2 aromatic carbocycles. The van der Waals surface area contributed by atoms with Gasteiger partial charge in [0.15, 0.2) is 0 Å². The number of carbonyl (C=O) groups is 3. The molecule has 0 radical (unpaired) electrons. The fourth-order valence-electron chi connectivity index (χ4n) is 2.70. The van der Waals surface area contributed by atoms with Crippen LogP contribution in [0.25, 0.3) is 0 Å². The van der Waals surface area contributed by atoms with Crippen molar-refractivity contribution in [3.05, 3.63) is 65.2 Å². The third-order valence-electron chi connectivity index (χ3n) is 3.92. The monoisotopic (exact) mass is 402 g/mol. The number of hydrogen-bond donors (Lipinski definition) is 3. The molecule has 1 atom stereocenters. The molecule has 0 aromatic heterocycles. The molecule has 148 valence electrons. The van der Waals surface area contributed by atoms with E-state index in [2.05, 4.69) is 16.0 Å². The Morgan fingerprint density at radius 3 is 2.32 bits per heavy atom. The zero-order chi connectivity index (χ0) is 20.5. The minimum atomic E-state index is -0.819. The van der Waals surface area contributed by atoms with Gasteiger partial charge in [0.05, 0.1) is 17.3 Å². The molecule has 0 aliphatic heterocycles. The lowest BCUT2D eigenvalue weighted by Gasteiger charge is -2.26. The Morgan fingerprint density at radius 1 is 1.04 bits per heavy atom. The van der Waals surface area contributed by atoms with Gasteiger partial charge < -0.3 is 10.6 Å². The van der Waals surface area contributed by atoms with Crippen molar-refractivity contribution in [1.29, 1.82) is 0 Å². The molecule has 28 heavy (non-hydrogen) atoms. The highest BCUT2D eigenvalue weighted by molar-refractivity contribution is 6.33. The summed E-state index contributed by atoms with van der Waals surface area (Å²) < 4.78 is 0. The van der Waals surface area contributed by atoms with E-state index >= 15 is 0 Å². The number of benzene rings is 2. The smallest absolute Gasteiger partial charge is 0.321 e. The number of imide groups is 1. The van der Waals surface area contributed by atoms with Gasteiger partial charge in [-0.25, -0.2) is 4.79 Å². The van der Waals surface area contributed by atoms with Crippen molar-refractivity contribution in [2.75, 3.05) is 25.5 Å². The molecule has 0 aliphatic rings. The van der Waals surface area contributed by atoms with E-state index in [1.165, 1.54) is 0 Å². The third kappa shape index (κ3) is 6.07. The van der Waals surface area contributed by atoms with Crippen LogP contribution in [0.3, 0.4) is 0 Å². The molecular weight excluding hydrogens is 380 g/mol. The maximum absolute atomic E-state index is 12.7. The van der Waals surface area contributed by atoms with Gasteiger partial charge in [-0.05, 0) is 31.7 Å². The molecule has 0 aliphatic carbocycles. The van der Waals surface area contributed by atoms with Crippen LogP contribution in [0.15, 0.2) is 54.6 Å². The van der Waals surface area contributed by atoms with E-state index in [0.29, 0.717) is 22.8 Å². The summed E-state index contributed by atoms with van der Waals surface area (Å²) in [6.45, 7) is 2.07. The van der Waals surface area contributed by atoms with Gasteiger partial charge in [0, 0.05) is 6.54 Å². The maximum Gasteiger partial charge on any atom is 0.321 e. The molecular formula is C20H23ClN4O3. The van der Waals surface area contributed by atoms with E-state index in [0.717, 1.165) is 0 Å². The molecule has 4 amide bonds. The third-order valence-corrected chi connectivity index (χ3v) is 4.25. The highest BCUT2D eigenvalue weighted by Crippen LogP contribution is 2.22. The predicted octanol–water partition coefficient (Wildman–Crippen LogP) is 2.80. The fourth-order valence-corrected chi connectivity index (χ4v) is 2.88. The van der Waals surface area contributed by atoms with E-state index in [4.69, 9.17) is 11.6 Å². The Balaban J connectivity index is 2.13. The van der Waals surface area contributed by atoms with E-state index in [1.807, 2.05) is 6.07 Å². The number of carbonyl (C=O) groups excluding carboxylic acids is 3. The molecule has 0 saturated heterocycles. The van der Waals surface area contributed by atoms with Crippen LogP contribution in [-0.2, 0) is 9.59 Å². The average Bonchev–Trinajstić information content (AvgIpc) is 2.64. The topological polar surface area (TPSA) is 90.5 Å². The molecule has 0 heterocycles. The molecule has 2 rings (SSSR count). The molecule has 2 aromatic rings. The summed E-state index contributed by atoms with van der Waals surface area (Å²) in [4.78, 5) is 38.5. The highest BCUT2D eigenvalue weighted by Gasteiger charge is 2.27. The van der Waals surface area contributed by atoms with Gasteiger partial charge in [-0.1, -0.05) is 54.1 Å². The first-order chi connectivity index (χ1) is 13.4. The van der Waals surface area contributed by atoms with E-state index in [-0.39, 0.29) is 12.5 Å². The summed E-state index contributed by atoms with van der Waals surface area (Å²) in [7, 11) is 1.64. The van der Waals surface area contributed by atoms with Crippen LogP contribution < -0.4 is 16.0 Å². The minimum Gasteiger partial charge on any atom is -0.338 e. The standard InChI is InChI=1S/C20H23ClN4O3/c1-3-22-20(28)24-19(27)18(14-9-5-4-6-10-14)25(2)13-17(26)23-16-12-8-7-11-15(16)21/h4-12,18H,3,13H2,1-2H3,(H,23,26)(H2,22,24,27,28)/t18-/m1/s1. The van der Waals surface area contributed by atoms with E-state index < -0.39 is 18.0 Å². The maximum atomic E-state index is 12.7. The fraction of sp³-hybridized carbons (Fsp3) is 0.250. The van der Waals surface area contributed by atoms with Crippen LogP contribution in [0.4, 0.5) is 10.5 Å². The first-order valence-corrected chi connectivity index (χ1v) is 9.18. The lowest BCUT2D eigenvalue weighted by molar-refractivity contribution is -0.126. The molecule has 0 fully saturated rings. The largest absolute Gasteiger partial charge is 0.338 e. The van der Waals surface area contributed by atoms with E-state index in [1.54, 1.807) is 67.4 Å². The van der Waals surface area contributed by atoms with Crippen LogP contribution in [0.5, 0.6) is 0 Å². The number of rotatable bonds is 7. The number of amides is 4. The normalized spacial score (nSPS) is 11.6. The number of anilines is 1. The summed E-state index contributed by atoms with van der Waals surface area (Å²) in [5, 5.41) is 7.97. The van der Waals surface area contributed by atoms with Crippen molar-refractivity contribution in [3.63, 3.8) is 0 Å². The molecule has 0 bridgehead atoms. The number of hydrogen-bond acceptors (Lipinski definition) is 4. The van der Waals surface area contributed by atoms with Gasteiger partial charge in [-0.2, -0.15) is 0 Å². The molecule has 3 N–H and O–H groups in total. The number of nitrogens with zero attached hydrogens (tertiary/aromatic N) is 1. The molecule has 0 unspecified atom stereocenters. The summed E-state index contributed by atoms with van der Waals surface area (Å²) >= 11 is 6.06. The van der Waals surface area contributed by atoms with Gasteiger partial charge in [-0.15, -0.1) is 0 Å². The summed E-state index contributed by atoms with van der Waals surface area (Å²) in [6, 6.07) is 14.4. The Kier molecular flexibility index (Phi) is 7.98. The molecule has 7 nitrogen and oxygen atoms in total. The van der Waals surface area contributed by atoms with Crippen molar-refractivity contribution in [2.45, 2.75) is 13.0 Å². The van der Waals surface area contributed by atoms with Crippen molar-refractivity contribution >= 4 is 35.1 Å². The number of halogens is 1. The van der Waals surface area contributed by atoms with Crippen LogP contribution in [0.1, 0.15) is 18.5 Å². The minimum absolute atomic E-state index is 0.0758. The van der Waals surface area contributed by atoms with Gasteiger partial charge in [0.2, 0.25) is 11.8 Å². The van der Waals surface area contributed by atoms with Crippen LogP contribution in [-0.4, -0.2) is 42.9 Å². The van der Waals surface area contributed by atoms with Crippen LogP contribution in [0.2, 0.25) is 5.02 Å². The van der Waals surface area contributed by atoms with Gasteiger partial charge in [0.1, 0.15) is 6.04 Å². The number of urea groups is 1. The Labute approximate surface area is 169 Å². The van der Waals surface area contributed by atoms with Crippen molar-refractivity contribution < 1.29 is 14.4 Å². The van der Waals surface area contributed by atoms with Gasteiger partial charge >= 0.3 is 6.03 Å². The average molecular weight is 403 g/mol. The molecule has 8 heteroatoms. The van der Waals surface area contributed by atoms with Crippen molar-refractivity contribution in [2.24, 2.45) is 0 Å². The first-order valence-electron chi connectivity index (χ1n) is 8.80. The summed E-state index contributed by atoms with van der Waals surface area (Å²) in [5.41, 5.74) is 1.16. The van der Waals surface area contributed by atoms with Gasteiger partial charge in [0.25, 0.3) is 0 Å². The second kappa shape index (κ2) is 10.4. The number of nitrogens with one attached hydrogen (secondary N) is 3. The van der Waals surface area contributed by atoms with Gasteiger partial charge in [-0.3, -0.25) is 19.8 Å². The zero-order valence-corrected chi connectivity index (χ0v) is 16.5. The summed E-state index contributed by atoms with van der Waals surface area (Å²) in [5.74, 6) is -0.854. The van der Waals surface area contributed by atoms with E-state index in [9.17, 15) is 14.4 Å². The molecule has 0 spiro atoms. The number of para-hydroxylation sites is 1. The van der Waals surface area contributed by atoms with Crippen molar-refractivity contribution in [1.82, 2.24) is 15.5 Å². The van der Waals surface area contributed by atoms with Crippen LogP contribution in [0, 0.1) is 0 Å². The summed E-state index contributed by atoms with van der Waals surface area (Å²) in [6.07, 6.45) is 0. The SMILES string of the molecule is CCNC(=O)NC(=O)[C@@H](c1ccccc1)N(C)CC(=O)Nc1ccccc1Cl. The quantitative estimate of drug-likeness (QED) is 0.664. The predicted molar refractivity (Wildman–Crippen MR) is 109 cm³/mol.